The van der Waals surface area contributed by atoms with Gasteiger partial charge in [-0.2, -0.15) is 0 Å². The van der Waals surface area contributed by atoms with Crippen LogP contribution in [0.4, 0.5) is 5.82 Å². The first-order valence-electron chi connectivity index (χ1n) is 8.15. The van der Waals surface area contributed by atoms with E-state index in [-0.39, 0.29) is 18.2 Å². The monoisotopic (exact) mass is 360 g/mol. The summed E-state index contributed by atoms with van der Waals surface area (Å²) in [7, 11) is 1.68. The van der Waals surface area contributed by atoms with Crippen LogP contribution in [0.1, 0.15) is 28.2 Å². The van der Waals surface area contributed by atoms with Crippen LogP contribution < -0.4 is 4.90 Å². The number of rotatable bonds is 6. The smallest absolute Gasteiger partial charge is 0.359 e. The number of esters is 1. The Morgan fingerprint density at radius 1 is 1.24 bits per heavy atom. The fraction of sp³-hybridized carbons (Fsp3) is 0.412. The van der Waals surface area contributed by atoms with E-state index in [1.165, 1.54) is 4.90 Å². The Morgan fingerprint density at radius 3 is 2.68 bits per heavy atom. The number of aromatic nitrogens is 2. The zero-order valence-electron chi connectivity index (χ0n) is 14.1. The number of hydrogen-bond donors (Lipinski definition) is 0. The molecular formula is C17H20N4O3S. The molecule has 1 fully saturated rings. The molecule has 1 amide bonds. The number of amides is 1. The summed E-state index contributed by atoms with van der Waals surface area (Å²) in [6.45, 7) is 2.11. The predicted octanol–water partition coefficient (Wildman–Crippen LogP) is 1.95. The molecule has 25 heavy (non-hydrogen) atoms. The maximum atomic E-state index is 12.0. The molecular weight excluding hydrogens is 340 g/mol. The average molecular weight is 360 g/mol. The number of hydrogen-bond acceptors (Lipinski definition) is 7. The molecule has 8 heteroatoms. The van der Waals surface area contributed by atoms with Gasteiger partial charge in [0.15, 0.2) is 18.1 Å². The summed E-state index contributed by atoms with van der Waals surface area (Å²) in [5.74, 6) is -0.137. The summed E-state index contributed by atoms with van der Waals surface area (Å²) in [6.07, 6.45) is 2.29. The average Bonchev–Trinajstić information content (AvgIpc) is 3.33. The van der Waals surface area contributed by atoms with Crippen molar-refractivity contribution < 1.29 is 14.3 Å². The lowest BCUT2D eigenvalue weighted by atomic mass is 10.3. The zero-order chi connectivity index (χ0) is 17.6. The van der Waals surface area contributed by atoms with E-state index >= 15 is 0 Å². The molecule has 1 aliphatic rings. The highest BCUT2D eigenvalue weighted by Gasteiger charge is 2.17. The molecule has 1 aliphatic heterocycles. The number of likely N-dealkylation sites (N-methyl/N-ethyl adjacent to an activating group) is 1. The third kappa shape index (κ3) is 4.54. The number of carbonyl (C=O) groups excluding carboxylic acids is 2. The molecule has 0 N–H and O–H groups in total. The number of ether oxygens (including phenoxy) is 1. The third-order valence-electron chi connectivity index (χ3n) is 4.02. The van der Waals surface area contributed by atoms with Crippen LogP contribution in [0.2, 0.25) is 0 Å². The summed E-state index contributed by atoms with van der Waals surface area (Å²) in [6, 6.07) is 7.24. The minimum Gasteiger partial charge on any atom is -0.451 e. The molecule has 0 bridgehead atoms. The van der Waals surface area contributed by atoms with Crippen molar-refractivity contribution in [3.8, 4) is 0 Å². The fourth-order valence-electron chi connectivity index (χ4n) is 2.58. The molecule has 0 saturated carbocycles. The largest absolute Gasteiger partial charge is 0.451 e. The molecule has 132 valence electrons. The van der Waals surface area contributed by atoms with Crippen LogP contribution in [0.25, 0.3) is 0 Å². The van der Waals surface area contributed by atoms with Gasteiger partial charge < -0.3 is 14.5 Å². The van der Waals surface area contributed by atoms with E-state index in [1.807, 2.05) is 17.5 Å². The molecule has 3 rings (SSSR count). The predicted molar refractivity (Wildman–Crippen MR) is 94.6 cm³/mol. The van der Waals surface area contributed by atoms with E-state index in [4.69, 9.17) is 4.74 Å². The molecule has 0 radical (unpaired) electrons. The van der Waals surface area contributed by atoms with E-state index in [9.17, 15) is 9.59 Å². The molecule has 2 aromatic rings. The number of carbonyl (C=O) groups is 2. The van der Waals surface area contributed by atoms with Gasteiger partial charge in [-0.3, -0.25) is 4.79 Å². The van der Waals surface area contributed by atoms with Crippen molar-refractivity contribution in [1.82, 2.24) is 15.1 Å². The standard InChI is InChI=1S/C17H20N4O3S/c1-20(11-13-5-4-10-25-13)16(22)12-24-17(23)14-6-7-15(19-18-14)21-8-2-3-9-21/h4-7,10H,2-3,8-9,11-12H2,1H3. The van der Waals surface area contributed by atoms with Crippen LogP contribution in [0.3, 0.4) is 0 Å². The molecule has 0 atom stereocenters. The highest BCUT2D eigenvalue weighted by molar-refractivity contribution is 7.09. The highest BCUT2D eigenvalue weighted by Crippen LogP contribution is 2.16. The lowest BCUT2D eigenvalue weighted by Gasteiger charge is -2.16. The van der Waals surface area contributed by atoms with Gasteiger partial charge in [0.1, 0.15) is 0 Å². The second-order valence-electron chi connectivity index (χ2n) is 5.88. The Balaban J connectivity index is 1.49. The van der Waals surface area contributed by atoms with Gasteiger partial charge >= 0.3 is 5.97 Å². The van der Waals surface area contributed by atoms with Gasteiger partial charge in [0.25, 0.3) is 5.91 Å². The van der Waals surface area contributed by atoms with Crippen LogP contribution >= 0.6 is 11.3 Å². The summed E-state index contributed by atoms with van der Waals surface area (Å²) < 4.78 is 5.05. The number of anilines is 1. The summed E-state index contributed by atoms with van der Waals surface area (Å²) in [5, 5.41) is 9.95. The van der Waals surface area contributed by atoms with E-state index in [2.05, 4.69) is 15.1 Å². The van der Waals surface area contributed by atoms with Gasteiger partial charge in [-0.15, -0.1) is 21.5 Å². The van der Waals surface area contributed by atoms with Crippen LogP contribution in [-0.2, 0) is 16.1 Å². The number of thiophene rings is 1. The first-order chi connectivity index (χ1) is 12.1. The molecule has 3 heterocycles. The van der Waals surface area contributed by atoms with E-state index in [0.717, 1.165) is 36.6 Å². The summed E-state index contributed by atoms with van der Waals surface area (Å²) >= 11 is 1.58. The van der Waals surface area contributed by atoms with Crippen molar-refractivity contribution in [2.45, 2.75) is 19.4 Å². The Bertz CT molecular complexity index is 712. The van der Waals surface area contributed by atoms with Crippen molar-refractivity contribution in [2.75, 3.05) is 31.6 Å². The number of nitrogens with zero attached hydrogens (tertiary/aromatic N) is 4. The summed E-state index contributed by atoms with van der Waals surface area (Å²) in [5.41, 5.74) is 0.108. The minimum atomic E-state index is -0.640. The first-order valence-corrected chi connectivity index (χ1v) is 9.03. The lowest BCUT2D eigenvalue weighted by Crippen LogP contribution is -2.30. The van der Waals surface area contributed by atoms with Crippen molar-refractivity contribution in [1.29, 1.82) is 0 Å². The SMILES string of the molecule is CN(Cc1cccs1)C(=O)COC(=O)c1ccc(N2CCCC2)nn1. The van der Waals surface area contributed by atoms with Gasteiger partial charge in [-0.25, -0.2) is 4.79 Å². The molecule has 7 nitrogen and oxygen atoms in total. The van der Waals surface area contributed by atoms with Crippen molar-refractivity contribution in [2.24, 2.45) is 0 Å². The Hall–Kier alpha value is -2.48. The topological polar surface area (TPSA) is 75.6 Å². The van der Waals surface area contributed by atoms with Gasteiger partial charge in [0, 0.05) is 25.0 Å². The second kappa shape index (κ2) is 8.06. The van der Waals surface area contributed by atoms with Gasteiger partial charge in [0.2, 0.25) is 0 Å². The molecule has 0 aliphatic carbocycles. The minimum absolute atomic E-state index is 0.108. The Kier molecular flexibility index (Phi) is 5.60. The lowest BCUT2D eigenvalue weighted by molar-refractivity contribution is -0.133. The van der Waals surface area contributed by atoms with Crippen molar-refractivity contribution in [3.63, 3.8) is 0 Å². The van der Waals surface area contributed by atoms with Crippen LogP contribution in [0.15, 0.2) is 29.6 Å². The summed E-state index contributed by atoms with van der Waals surface area (Å²) in [4.78, 5) is 28.8. The maximum absolute atomic E-state index is 12.0. The van der Waals surface area contributed by atoms with Gasteiger partial charge in [0.05, 0.1) is 6.54 Å². The second-order valence-corrected chi connectivity index (χ2v) is 6.91. The van der Waals surface area contributed by atoms with E-state index < -0.39 is 5.97 Å². The molecule has 2 aromatic heterocycles. The molecule has 0 spiro atoms. The van der Waals surface area contributed by atoms with E-state index in [0.29, 0.717) is 6.54 Å². The van der Waals surface area contributed by atoms with Crippen LogP contribution in [0.5, 0.6) is 0 Å². The van der Waals surface area contributed by atoms with Crippen molar-refractivity contribution in [3.05, 3.63) is 40.2 Å². The zero-order valence-corrected chi connectivity index (χ0v) is 14.9. The Labute approximate surface area is 150 Å². The first kappa shape index (κ1) is 17.3. The van der Waals surface area contributed by atoms with E-state index in [1.54, 1.807) is 30.5 Å². The van der Waals surface area contributed by atoms with Gasteiger partial charge in [-0.1, -0.05) is 6.07 Å². The Morgan fingerprint density at radius 2 is 2.04 bits per heavy atom. The van der Waals surface area contributed by atoms with Crippen molar-refractivity contribution >= 4 is 29.0 Å². The van der Waals surface area contributed by atoms with Crippen LogP contribution in [0, 0.1) is 0 Å². The maximum Gasteiger partial charge on any atom is 0.359 e. The molecule has 1 saturated heterocycles. The fourth-order valence-corrected chi connectivity index (χ4v) is 3.34. The highest BCUT2D eigenvalue weighted by atomic mass is 32.1. The normalized spacial score (nSPS) is 13.7. The quantitative estimate of drug-likeness (QED) is 0.733. The molecule has 0 unspecified atom stereocenters. The third-order valence-corrected chi connectivity index (χ3v) is 4.88. The molecule has 0 aromatic carbocycles. The van der Waals surface area contributed by atoms with Crippen LogP contribution in [-0.4, -0.2) is 53.7 Å². The van der Waals surface area contributed by atoms with Gasteiger partial charge in [-0.05, 0) is 36.4 Å².